The van der Waals surface area contributed by atoms with Crippen LogP contribution in [0.5, 0.6) is 0 Å². The number of hydrogen-bond donors (Lipinski definition) is 1. The maximum absolute atomic E-state index is 13.3. The normalized spacial score (nSPS) is 17.5. The van der Waals surface area contributed by atoms with Gasteiger partial charge in [0.15, 0.2) is 5.58 Å². The van der Waals surface area contributed by atoms with E-state index < -0.39 is 10.0 Å². The number of hydrogen-bond acceptors (Lipinski definition) is 5. The fourth-order valence-corrected chi connectivity index (χ4v) is 5.66. The lowest BCUT2D eigenvalue weighted by Gasteiger charge is -2.16. The van der Waals surface area contributed by atoms with Crippen LogP contribution < -0.4 is 4.72 Å². The maximum atomic E-state index is 13.3. The van der Waals surface area contributed by atoms with Crippen molar-refractivity contribution < 1.29 is 17.3 Å². The second kappa shape index (κ2) is 8.61. The number of rotatable bonds is 7. The first kappa shape index (κ1) is 21.1. The average Bonchev–Trinajstić information content (AvgIpc) is 3.39. The Labute approximate surface area is 186 Å². The number of nitrogens with one attached hydrogen (secondary N) is 1. The zero-order valence-electron chi connectivity index (χ0n) is 17.5. The van der Waals surface area contributed by atoms with Gasteiger partial charge in [-0.3, -0.25) is 0 Å². The number of fused-ring (bicyclic) bond motifs is 2. The van der Waals surface area contributed by atoms with Crippen LogP contribution in [0, 0.1) is 5.82 Å². The van der Waals surface area contributed by atoms with Gasteiger partial charge in [0.25, 0.3) is 0 Å². The van der Waals surface area contributed by atoms with Gasteiger partial charge < -0.3 is 9.42 Å². The summed E-state index contributed by atoms with van der Waals surface area (Å²) in [6.07, 6.45) is 2.37. The summed E-state index contributed by atoms with van der Waals surface area (Å²) in [5, 5.41) is 6.83. The third-order valence-corrected chi connectivity index (χ3v) is 7.54. The molecule has 0 aliphatic carbocycles. The predicted molar refractivity (Wildman–Crippen MR) is 121 cm³/mol. The monoisotopic (exact) mass is 453 g/mol. The lowest BCUT2D eigenvalue weighted by Crippen LogP contribution is -2.37. The third-order valence-electron chi connectivity index (χ3n) is 6.02. The molecule has 6 nitrogen and oxygen atoms in total. The van der Waals surface area contributed by atoms with Gasteiger partial charge in [-0.1, -0.05) is 35.5 Å². The first-order chi connectivity index (χ1) is 15.5. The van der Waals surface area contributed by atoms with Gasteiger partial charge in [0.05, 0.1) is 10.6 Å². The average molecular weight is 454 g/mol. The van der Waals surface area contributed by atoms with Crippen LogP contribution in [0.15, 0.2) is 70.1 Å². The largest absolute Gasteiger partial charge is 0.356 e. The van der Waals surface area contributed by atoms with Gasteiger partial charge in [0.1, 0.15) is 5.82 Å². The first-order valence-corrected chi connectivity index (χ1v) is 12.2. The van der Waals surface area contributed by atoms with E-state index >= 15 is 0 Å². The molecule has 0 saturated carbocycles. The van der Waals surface area contributed by atoms with Crippen molar-refractivity contribution in [3.05, 3.63) is 72.2 Å². The van der Waals surface area contributed by atoms with Crippen LogP contribution in [0.4, 0.5) is 4.39 Å². The molecule has 3 aromatic carbocycles. The topological polar surface area (TPSA) is 75.4 Å². The zero-order chi connectivity index (χ0) is 22.1. The molecule has 0 unspecified atom stereocenters. The number of likely N-dealkylation sites (tertiary alicyclic amines) is 1. The van der Waals surface area contributed by atoms with E-state index in [2.05, 4.69) is 14.8 Å². The molecular formula is C24H24FN3O3S. The minimum Gasteiger partial charge on any atom is -0.356 e. The van der Waals surface area contributed by atoms with Crippen LogP contribution in [-0.2, 0) is 16.4 Å². The highest BCUT2D eigenvalue weighted by molar-refractivity contribution is 7.89. The standard InChI is InChI=1S/C24H24FN3O3S/c25-19-8-10-22-23(26-31-24(22)15-19)6-3-12-28-13-11-20(16-28)27-32(29,30)21-9-7-17-4-1-2-5-18(17)14-21/h1-2,4-5,7-10,14-15,20,27H,3,6,11-13,16H2/t20-/m1/s1. The lowest BCUT2D eigenvalue weighted by molar-refractivity contribution is 0.326. The summed E-state index contributed by atoms with van der Waals surface area (Å²) in [6, 6.07) is 17.3. The molecule has 1 fully saturated rings. The molecule has 1 aliphatic rings. The van der Waals surface area contributed by atoms with Crippen LogP contribution in [0.3, 0.4) is 0 Å². The second-order valence-corrected chi connectivity index (χ2v) is 10.0. The molecule has 0 radical (unpaired) electrons. The van der Waals surface area contributed by atoms with E-state index in [1.165, 1.54) is 12.1 Å². The van der Waals surface area contributed by atoms with E-state index in [1.54, 1.807) is 18.2 Å². The van der Waals surface area contributed by atoms with Crippen molar-refractivity contribution in [2.24, 2.45) is 0 Å². The number of aromatic nitrogens is 1. The van der Waals surface area contributed by atoms with E-state index in [4.69, 9.17) is 4.52 Å². The quantitative estimate of drug-likeness (QED) is 0.456. The number of aryl methyl sites for hydroxylation is 1. The Hall–Kier alpha value is -2.81. The van der Waals surface area contributed by atoms with Crippen molar-refractivity contribution in [2.45, 2.75) is 30.2 Å². The Kier molecular flexibility index (Phi) is 5.67. The van der Waals surface area contributed by atoms with Crippen LogP contribution in [0.1, 0.15) is 18.5 Å². The molecule has 32 heavy (non-hydrogen) atoms. The highest BCUT2D eigenvalue weighted by Crippen LogP contribution is 2.22. The van der Waals surface area contributed by atoms with Crippen LogP contribution in [0.25, 0.3) is 21.7 Å². The van der Waals surface area contributed by atoms with Crippen molar-refractivity contribution in [1.82, 2.24) is 14.8 Å². The van der Waals surface area contributed by atoms with E-state index in [0.717, 1.165) is 54.2 Å². The summed E-state index contributed by atoms with van der Waals surface area (Å²) in [5.74, 6) is -0.338. The second-order valence-electron chi connectivity index (χ2n) is 8.29. The van der Waals surface area contributed by atoms with Gasteiger partial charge >= 0.3 is 0 Å². The molecule has 0 spiro atoms. The van der Waals surface area contributed by atoms with Crippen molar-refractivity contribution >= 4 is 31.8 Å². The van der Waals surface area contributed by atoms with Crippen molar-refractivity contribution in [1.29, 1.82) is 0 Å². The van der Waals surface area contributed by atoms with Crippen LogP contribution >= 0.6 is 0 Å². The minimum absolute atomic E-state index is 0.109. The van der Waals surface area contributed by atoms with E-state index in [1.807, 2.05) is 30.3 Å². The Bertz CT molecular complexity index is 1370. The number of sulfonamides is 1. The van der Waals surface area contributed by atoms with Gasteiger partial charge in [-0.05, 0) is 67.4 Å². The summed E-state index contributed by atoms with van der Waals surface area (Å²) in [4.78, 5) is 2.55. The Morgan fingerprint density at radius 3 is 2.81 bits per heavy atom. The molecule has 1 aromatic heterocycles. The lowest BCUT2D eigenvalue weighted by atomic mass is 10.1. The predicted octanol–water partition coefficient (Wildman–Crippen LogP) is 4.11. The Morgan fingerprint density at radius 2 is 1.94 bits per heavy atom. The molecule has 1 atom stereocenters. The van der Waals surface area contributed by atoms with Crippen molar-refractivity contribution in [3.8, 4) is 0 Å². The summed E-state index contributed by atoms with van der Waals surface area (Å²) in [5.41, 5.74) is 1.29. The molecule has 1 saturated heterocycles. The molecule has 166 valence electrons. The molecule has 5 rings (SSSR count). The SMILES string of the molecule is O=S(=O)(N[C@@H]1CCN(CCCc2noc3cc(F)ccc23)C1)c1ccc2ccccc2c1. The highest BCUT2D eigenvalue weighted by Gasteiger charge is 2.27. The molecular weight excluding hydrogens is 429 g/mol. The molecule has 0 bridgehead atoms. The molecule has 0 amide bonds. The van der Waals surface area contributed by atoms with Crippen LogP contribution in [-0.4, -0.2) is 44.2 Å². The third kappa shape index (κ3) is 4.39. The Balaban J connectivity index is 1.16. The fraction of sp³-hybridized carbons (Fsp3) is 0.292. The number of halogens is 1. The Morgan fingerprint density at radius 1 is 1.09 bits per heavy atom. The smallest absolute Gasteiger partial charge is 0.240 e. The van der Waals surface area contributed by atoms with Gasteiger partial charge in [-0.2, -0.15) is 0 Å². The number of nitrogens with zero attached hydrogens (tertiary/aromatic N) is 2. The minimum atomic E-state index is -3.57. The maximum Gasteiger partial charge on any atom is 0.240 e. The summed E-state index contributed by atoms with van der Waals surface area (Å²) in [6.45, 7) is 2.36. The highest BCUT2D eigenvalue weighted by atomic mass is 32.2. The van der Waals surface area contributed by atoms with Gasteiger partial charge in [0, 0.05) is 24.0 Å². The molecule has 1 N–H and O–H groups in total. The van der Waals surface area contributed by atoms with Crippen LogP contribution in [0.2, 0.25) is 0 Å². The van der Waals surface area contributed by atoms with Crippen molar-refractivity contribution in [2.75, 3.05) is 19.6 Å². The first-order valence-electron chi connectivity index (χ1n) is 10.8. The summed E-state index contributed by atoms with van der Waals surface area (Å²) in [7, 11) is -3.57. The number of benzene rings is 3. The molecule has 8 heteroatoms. The van der Waals surface area contributed by atoms with Gasteiger partial charge in [-0.15, -0.1) is 0 Å². The van der Waals surface area contributed by atoms with E-state index in [-0.39, 0.29) is 11.9 Å². The van der Waals surface area contributed by atoms with Crippen molar-refractivity contribution in [3.63, 3.8) is 0 Å². The molecule has 2 heterocycles. The van der Waals surface area contributed by atoms with Gasteiger partial charge in [0.2, 0.25) is 10.0 Å². The van der Waals surface area contributed by atoms with Gasteiger partial charge in [-0.25, -0.2) is 17.5 Å². The summed E-state index contributed by atoms with van der Waals surface area (Å²) < 4.78 is 47.1. The van der Waals surface area contributed by atoms with E-state index in [0.29, 0.717) is 17.0 Å². The fourth-order valence-electron chi connectivity index (χ4n) is 4.37. The molecule has 1 aliphatic heterocycles. The van der Waals surface area contributed by atoms with E-state index in [9.17, 15) is 12.8 Å². The zero-order valence-corrected chi connectivity index (χ0v) is 18.3. The summed E-state index contributed by atoms with van der Waals surface area (Å²) >= 11 is 0. The molecule has 4 aromatic rings.